The lowest BCUT2D eigenvalue weighted by Crippen LogP contribution is -2.23. The van der Waals surface area contributed by atoms with Crippen LogP contribution in [-0.4, -0.2) is 26.8 Å². The highest BCUT2D eigenvalue weighted by atomic mass is 16.6. The van der Waals surface area contributed by atoms with E-state index in [1.807, 2.05) is 39.0 Å². The second kappa shape index (κ2) is 5.26. The van der Waals surface area contributed by atoms with Crippen molar-refractivity contribution in [3.8, 4) is 11.3 Å². The van der Waals surface area contributed by atoms with E-state index in [4.69, 9.17) is 4.74 Å². The van der Waals surface area contributed by atoms with E-state index < -0.39 is 5.60 Å². The number of fused-ring (bicyclic) bond motifs is 1. The van der Waals surface area contributed by atoms with E-state index in [0.717, 1.165) is 22.2 Å². The number of carbonyl (C=O) groups is 1. The van der Waals surface area contributed by atoms with Gasteiger partial charge in [0, 0.05) is 17.1 Å². The number of H-pyrrole nitrogens is 1. The Labute approximate surface area is 128 Å². The van der Waals surface area contributed by atoms with Crippen molar-refractivity contribution in [2.45, 2.75) is 26.4 Å². The zero-order valence-corrected chi connectivity index (χ0v) is 12.8. The molecular weight excluding hydrogens is 278 g/mol. The highest BCUT2D eigenvalue weighted by Crippen LogP contribution is 2.23. The minimum atomic E-state index is -0.518. The average Bonchev–Trinajstić information content (AvgIpc) is 2.93. The van der Waals surface area contributed by atoms with Crippen LogP contribution < -0.4 is 0 Å². The van der Waals surface area contributed by atoms with E-state index in [0.29, 0.717) is 5.56 Å². The number of hydrogen-bond acceptors (Lipinski definition) is 4. The molecule has 1 aromatic carbocycles. The van der Waals surface area contributed by atoms with Gasteiger partial charge in [-0.15, -0.1) is 0 Å². The van der Waals surface area contributed by atoms with Gasteiger partial charge in [-0.25, -0.2) is 4.79 Å². The Kier molecular flexibility index (Phi) is 3.41. The summed E-state index contributed by atoms with van der Waals surface area (Å²) in [6, 6.07) is 9.28. The zero-order chi connectivity index (χ0) is 15.7. The summed E-state index contributed by atoms with van der Waals surface area (Å²) in [5, 5.41) is 7.91. The maximum Gasteiger partial charge on any atom is 0.338 e. The van der Waals surface area contributed by atoms with E-state index in [1.165, 1.54) is 0 Å². The molecule has 22 heavy (non-hydrogen) atoms. The summed E-state index contributed by atoms with van der Waals surface area (Å²) in [5.74, 6) is -0.347. The Morgan fingerprint density at radius 3 is 2.77 bits per heavy atom. The van der Waals surface area contributed by atoms with Gasteiger partial charge in [0.15, 0.2) is 0 Å². The Morgan fingerprint density at radius 2 is 2.00 bits per heavy atom. The Balaban J connectivity index is 1.95. The topological polar surface area (TPSA) is 67.9 Å². The molecule has 5 nitrogen and oxygen atoms in total. The molecule has 2 heterocycles. The zero-order valence-electron chi connectivity index (χ0n) is 12.8. The predicted octanol–water partition coefficient (Wildman–Crippen LogP) is 3.58. The molecule has 0 radical (unpaired) electrons. The van der Waals surface area contributed by atoms with Gasteiger partial charge >= 0.3 is 5.97 Å². The van der Waals surface area contributed by atoms with Crippen LogP contribution in [0.5, 0.6) is 0 Å². The number of nitrogens with zero attached hydrogens (tertiary/aromatic N) is 2. The van der Waals surface area contributed by atoms with Crippen molar-refractivity contribution < 1.29 is 9.53 Å². The maximum absolute atomic E-state index is 12.1. The highest BCUT2D eigenvalue weighted by molar-refractivity contribution is 5.91. The number of aromatic amines is 1. The Morgan fingerprint density at radius 1 is 1.18 bits per heavy atom. The molecule has 0 atom stereocenters. The Hall–Kier alpha value is -2.69. The number of nitrogens with one attached hydrogen (secondary N) is 1. The van der Waals surface area contributed by atoms with E-state index in [-0.39, 0.29) is 5.97 Å². The predicted molar refractivity (Wildman–Crippen MR) is 84.5 cm³/mol. The summed E-state index contributed by atoms with van der Waals surface area (Å²) in [5.41, 5.74) is 2.60. The van der Waals surface area contributed by atoms with Gasteiger partial charge in [-0.2, -0.15) is 5.10 Å². The van der Waals surface area contributed by atoms with Crippen LogP contribution >= 0.6 is 0 Å². The molecule has 0 unspecified atom stereocenters. The standard InChI is InChI=1S/C17H17N3O2/c1-17(2,3)22-16(21)12-6-7-18-15(9-12)11-4-5-14-13(8-11)10-19-20-14/h4-10H,1-3H3,(H,19,20). The molecule has 1 N–H and O–H groups in total. The molecule has 0 aliphatic heterocycles. The second-order valence-electron chi connectivity index (χ2n) is 6.10. The first kappa shape index (κ1) is 14.3. The third kappa shape index (κ3) is 2.98. The fourth-order valence-corrected chi connectivity index (χ4v) is 2.15. The summed E-state index contributed by atoms with van der Waals surface area (Å²) >= 11 is 0. The number of pyridine rings is 1. The molecule has 0 fully saturated rings. The smallest absolute Gasteiger partial charge is 0.338 e. The maximum atomic E-state index is 12.1. The van der Waals surface area contributed by atoms with Crippen molar-refractivity contribution >= 4 is 16.9 Å². The first-order valence-electron chi connectivity index (χ1n) is 7.05. The van der Waals surface area contributed by atoms with Crippen molar-refractivity contribution in [3.05, 3.63) is 48.3 Å². The van der Waals surface area contributed by atoms with Gasteiger partial charge in [0.25, 0.3) is 0 Å². The van der Waals surface area contributed by atoms with Gasteiger partial charge in [0.2, 0.25) is 0 Å². The van der Waals surface area contributed by atoms with Gasteiger partial charge in [-0.05, 0) is 45.0 Å². The summed E-state index contributed by atoms with van der Waals surface area (Å²) in [7, 11) is 0. The summed E-state index contributed by atoms with van der Waals surface area (Å²) in [6.07, 6.45) is 3.38. The minimum Gasteiger partial charge on any atom is -0.456 e. The van der Waals surface area contributed by atoms with Crippen molar-refractivity contribution in [1.82, 2.24) is 15.2 Å². The van der Waals surface area contributed by atoms with Crippen molar-refractivity contribution in [2.75, 3.05) is 0 Å². The first-order chi connectivity index (χ1) is 10.4. The number of ether oxygens (including phenoxy) is 1. The summed E-state index contributed by atoms with van der Waals surface area (Å²) < 4.78 is 5.39. The molecule has 5 heteroatoms. The minimum absolute atomic E-state index is 0.347. The first-order valence-corrected chi connectivity index (χ1v) is 7.05. The molecule has 0 bridgehead atoms. The SMILES string of the molecule is CC(C)(C)OC(=O)c1ccnc(-c2ccc3[nH]ncc3c2)c1. The average molecular weight is 295 g/mol. The van der Waals surface area contributed by atoms with E-state index in [2.05, 4.69) is 15.2 Å². The number of rotatable bonds is 2. The van der Waals surface area contributed by atoms with Crippen molar-refractivity contribution in [1.29, 1.82) is 0 Å². The van der Waals surface area contributed by atoms with E-state index >= 15 is 0 Å². The molecule has 0 amide bonds. The van der Waals surface area contributed by atoms with Crippen LogP contribution in [0.25, 0.3) is 22.2 Å². The highest BCUT2D eigenvalue weighted by Gasteiger charge is 2.18. The number of aromatic nitrogens is 3. The van der Waals surface area contributed by atoms with E-state index in [1.54, 1.807) is 24.5 Å². The summed E-state index contributed by atoms with van der Waals surface area (Å²) in [4.78, 5) is 16.5. The number of carbonyl (C=O) groups excluding carboxylic acids is 1. The normalized spacial score (nSPS) is 11.6. The molecular formula is C17H17N3O2. The van der Waals surface area contributed by atoms with Crippen LogP contribution in [0, 0.1) is 0 Å². The molecule has 0 aliphatic rings. The van der Waals surface area contributed by atoms with Crippen LogP contribution in [0.2, 0.25) is 0 Å². The van der Waals surface area contributed by atoms with Gasteiger partial charge in [-0.1, -0.05) is 6.07 Å². The fraction of sp³-hybridized carbons (Fsp3) is 0.235. The van der Waals surface area contributed by atoms with E-state index in [9.17, 15) is 4.79 Å². The lowest BCUT2D eigenvalue weighted by atomic mass is 10.1. The molecule has 0 spiro atoms. The number of hydrogen-bond donors (Lipinski definition) is 1. The number of benzene rings is 1. The van der Waals surface area contributed by atoms with Crippen molar-refractivity contribution in [2.24, 2.45) is 0 Å². The van der Waals surface area contributed by atoms with Crippen LogP contribution in [0.1, 0.15) is 31.1 Å². The van der Waals surface area contributed by atoms with Crippen molar-refractivity contribution in [3.63, 3.8) is 0 Å². The lowest BCUT2D eigenvalue weighted by molar-refractivity contribution is 0.00694. The molecule has 3 aromatic rings. The van der Waals surface area contributed by atoms with Crippen LogP contribution in [0.15, 0.2) is 42.7 Å². The third-order valence-electron chi connectivity index (χ3n) is 3.13. The molecule has 112 valence electrons. The van der Waals surface area contributed by atoms with Gasteiger partial charge in [0.05, 0.1) is 23.0 Å². The largest absolute Gasteiger partial charge is 0.456 e. The van der Waals surface area contributed by atoms with Crippen LogP contribution in [0.4, 0.5) is 0 Å². The Bertz CT molecular complexity index is 831. The van der Waals surface area contributed by atoms with Crippen LogP contribution in [0.3, 0.4) is 0 Å². The lowest BCUT2D eigenvalue weighted by Gasteiger charge is -2.19. The van der Waals surface area contributed by atoms with Gasteiger partial charge < -0.3 is 4.74 Å². The third-order valence-corrected chi connectivity index (χ3v) is 3.13. The molecule has 0 aliphatic carbocycles. The fourth-order valence-electron chi connectivity index (χ4n) is 2.15. The molecule has 0 saturated carbocycles. The summed E-state index contributed by atoms with van der Waals surface area (Å²) in [6.45, 7) is 5.54. The monoisotopic (exact) mass is 295 g/mol. The molecule has 0 saturated heterocycles. The van der Waals surface area contributed by atoms with Gasteiger partial charge in [-0.3, -0.25) is 10.1 Å². The quantitative estimate of drug-likeness (QED) is 0.734. The molecule has 3 rings (SSSR count). The van der Waals surface area contributed by atoms with Crippen LogP contribution in [-0.2, 0) is 4.74 Å². The van der Waals surface area contributed by atoms with Gasteiger partial charge in [0.1, 0.15) is 5.60 Å². The molecule has 2 aromatic heterocycles. The number of esters is 1. The second-order valence-corrected chi connectivity index (χ2v) is 6.10.